The number of nitriles is 1. The minimum atomic E-state index is -0.617. The number of aromatic nitrogens is 1. The van der Waals surface area contributed by atoms with E-state index in [2.05, 4.69) is 16.4 Å². The van der Waals surface area contributed by atoms with Gasteiger partial charge in [0.15, 0.2) is 0 Å². The Hall–Kier alpha value is -2.79. The highest BCUT2D eigenvalue weighted by molar-refractivity contribution is 8.03. The third-order valence-electron chi connectivity index (χ3n) is 3.80. The number of thioether (sulfide) groups is 1. The second-order valence-corrected chi connectivity index (χ2v) is 6.54. The summed E-state index contributed by atoms with van der Waals surface area (Å²) in [6, 6.07) is 5.73. The molecule has 2 rings (SSSR count). The molecule has 0 spiro atoms. The van der Waals surface area contributed by atoms with Crippen molar-refractivity contribution in [2.75, 3.05) is 19.0 Å². The molecule has 1 aromatic rings. The number of dihydropyridines is 1. The van der Waals surface area contributed by atoms with Gasteiger partial charge in [0.05, 0.1) is 47.1 Å². The van der Waals surface area contributed by atoms with Crippen molar-refractivity contribution in [3.05, 3.63) is 52.0 Å². The van der Waals surface area contributed by atoms with E-state index in [1.807, 2.05) is 0 Å². The van der Waals surface area contributed by atoms with E-state index < -0.39 is 11.9 Å². The van der Waals surface area contributed by atoms with Crippen LogP contribution in [0, 0.1) is 11.3 Å². The molecule has 1 aliphatic heterocycles. The highest BCUT2D eigenvalue weighted by atomic mass is 32.2. The number of rotatable bonds is 7. The Morgan fingerprint density at radius 2 is 2.07 bits per heavy atom. The van der Waals surface area contributed by atoms with Gasteiger partial charge in [-0.05, 0) is 32.4 Å². The number of nitrogens with zero attached hydrogens (tertiary/aromatic N) is 2. The number of ether oxygens (including phenoxy) is 2. The zero-order valence-corrected chi connectivity index (χ0v) is 16.3. The van der Waals surface area contributed by atoms with Crippen LogP contribution in [0.25, 0.3) is 0 Å². The number of nitrogens with one attached hydrogen (secondary N) is 1. The van der Waals surface area contributed by atoms with Crippen LogP contribution in [0.15, 0.2) is 46.4 Å². The van der Waals surface area contributed by atoms with Gasteiger partial charge in [-0.15, -0.1) is 0 Å². The normalized spacial score (nSPS) is 16.4. The second kappa shape index (κ2) is 9.78. The average Bonchev–Trinajstić information content (AvgIpc) is 2.66. The topological polar surface area (TPSA) is 101 Å². The van der Waals surface area contributed by atoms with E-state index in [1.165, 1.54) is 11.8 Å². The van der Waals surface area contributed by atoms with E-state index in [0.29, 0.717) is 34.0 Å². The highest BCUT2D eigenvalue weighted by Crippen LogP contribution is 2.40. The fourth-order valence-corrected chi connectivity index (χ4v) is 3.61. The maximum atomic E-state index is 12.6. The van der Waals surface area contributed by atoms with Gasteiger partial charge in [0.2, 0.25) is 0 Å². The first-order chi connectivity index (χ1) is 13.0. The Morgan fingerprint density at radius 3 is 2.67 bits per heavy atom. The summed E-state index contributed by atoms with van der Waals surface area (Å²) in [6.07, 6.45) is 3.24. The van der Waals surface area contributed by atoms with Crippen LogP contribution in [-0.2, 0) is 19.1 Å². The zero-order valence-electron chi connectivity index (χ0n) is 15.4. The first kappa shape index (κ1) is 20.5. The van der Waals surface area contributed by atoms with Gasteiger partial charge in [0.25, 0.3) is 0 Å². The molecule has 0 amide bonds. The van der Waals surface area contributed by atoms with Crippen LogP contribution in [0.4, 0.5) is 0 Å². The van der Waals surface area contributed by atoms with Crippen molar-refractivity contribution in [3.8, 4) is 6.07 Å². The van der Waals surface area contributed by atoms with Crippen molar-refractivity contribution >= 4 is 23.7 Å². The summed E-state index contributed by atoms with van der Waals surface area (Å²) in [4.78, 5) is 28.4. The summed E-state index contributed by atoms with van der Waals surface area (Å²) in [5, 5.41) is 13.4. The SMILES string of the molecule is CCOC(=O)CSC1=C(C#N)C(c2cccnc2)C(C(=O)OCC)=C(C)N1. The molecule has 0 radical (unpaired) electrons. The lowest BCUT2D eigenvalue weighted by atomic mass is 9.83. The Kier molecular flexibility index (Phi) is 7.44. The third-order valence-corrected chi connectivity index (χ3v) is 4.79. The van der Waals surface area contributed by atoms with Gasteiger partial charge < -0.3 is 14.8 Å². The lowest BCUT2D eigenvalue weighted by Gasteiger charge is -2.29. The van der Waals surface area contributed by atoms with Crippen LogP contribution in [0.2, 0.25) is 0 Å². The maximum Gasteiger partial charge on any atom is 0.336 e. The Morgan fingerprint density at radius 1 is 1.33 bits per heavy atom. The second-order valence-electron chi connectivity index (χ2n) is 5.55. The van der Waals surface area contributed by atoms with Crippen LogP contribution < -0.4 is 5.32 Å². The lowest BCUT2D eigenvalue weighted by molar-refractivity contribution is -0.140. The lowest BCUT2D eigenvalue weighted by Crippen LogP contribution is -2.29. The first-order valence-electron chi connectivity index (χ1n) is 8.50. The molecular weight excluding hydrogens is 366 g/mol. The van der Waals surface area contributed by atoms with Gasteiger partial charge in [0.1, 0.15) is 0 Å². The van der Waals surface area contributed by atoms with Crippen molar-refractivity contribution in [2.24, 2.45) is 0 Å². The van der Waals surface area contributed by atoms with Gasteiger partial charge in [-0.1, -0.05) is 17.8 Å². The van der Waals surface area contributed by atoms with Gasteiger partial charge in [-0.2, -0.15) is 5.26 Å². The van der Waals surface area contributed by atoms with Crippen LogP contribution >= 0.6 is 11.8 Å². The molecule has 7 nitrogen and oxygen atoms in total. The Labute approximate surface area is 162 Å². The molecule has 2 heterocycles. The number of carbonyl (C=O) groups excluding carboxylic acids is 2. The Bertz CT molecular complexity index is 812. The molecule has 0 aliphatic carbocycles. The standard InChI is InChI=1S/C19H21N3O4S/c1-4-25-15(23)11-27-18-14(9-20)17(13-7-6-8-21-10-13)16(12(3)22-18)19(24)26-5-2/h6-8,10,17,22H,4-5,11H2,1-3H3. The van der Waals surface area contributed by atoms with Crippen molar-refractivity contribution < 1.29 is 19.1 Å². The highest BCUT2D eigenvalue weighted by Gasteiger charge is 2.35. The van der Waals surface area contributed by atoms with E-state index >= 15 is 0 Å². The van der Waals surface area contributed by atoms with E-state index in [-0.39, 0.29) is 18.3 Å². The van der Waals surface area contributed by atoms with Crippen molar-refractivity contribution in [3.63, 3.8) is 0 Å². The number of pyridine rings is 1. The largest absolute Gasteiger partial charge is 0.465 e. The van der Waals surface area contributed by atoms with Crippen LogP contribution in [-0.4, -0.2) is 35.9 Å². The van der Waals surface area contributed by atoms with Crippen molar-refractivity contribution in [1.29, 1.82) is 5.26 Å². The monoisotopic (exact) mass is 387 g/mol. The van der Waals surface area contributed by atoms with Crippen LogP contribution in [0.3, 0.4) is 0 Å². The molecular formula is C19H21N3O4S. The first-order valence-corrected chi connectivity index (χ1v) is 9.49. The molecule has 1 N–H and O–H groups in total. The summed E-state index contributed by atoms with van der Waals surface area (Å²) >= 11 is 1.17. The van der Waals surface area contributed by atoms with Crippen molar-refractivity contribution in [2.45, 2.75) is 26.7 Å². The van der Waals surface area contributed by atoms with E-state index in [9.17, 15) is 14.9 Å². The molecule has 8 heteroatoms. The molecule has 1 atom stereocenters. The molecule has 0 fully saturated rings. The molecule has 142 valence electrons. The number of esters is 2. The smallest absolute Gasteiger partial charge is 0.336 e. The van der Waals surface area contributed by atoms with Gasteiger partial charge in [-0.25, -0.2) is 4.79 Å². The van der Waals surface area contributed by atoms with E-state index in [1.54, 1.807) is 45.3 Å². The number of hydrogen-bond donors (Lipinski definition) is 1. The molecule has 0 aromatic carbocycles. The minimum absolute atomic E-state index is 0.0587. The van der Waals surface area contributed by atoms with Gasteiger partial charge in [-0.3, -0.25) is 9.78 Å². The van der Waals surface area contributed by atoms with E-state index in [0.717, 1.165) is 0 Å². The number of carbonyl (C=O) groups is 2. The van der Waals surface area contributed by atoms with Gasteiger partial charge in [0, 0.05) is 18.1 Å². The summed E-state index contributed by atoms with van der Waals surface area (Å²) < 4.78 is 10.1. The summed E-state index contributed by atoms with van der Waals surface area (Å²) in [7, 11) is 0. The maximum absolute atomic E-state index is 12.6. The fraction of sp³-hybridized carbons (Fsp3) is 0.368. The fourth-order valence-electron chi connectivity index (χ4n) is 2.72. The predicted molar refractivity (Wildman–Crippen MR) is 101 cm³/mol. The van der Waals surface area contributed by atoms with Crippen LogP contribution in [0.5, 0.6) is 0 Å². The van der Waals surface area contributed by atoms with E-state index in [4.69, 9.17) is 9.47 Å². The Balaban J connectivity index is 2.46. The van der Waals surface area contributed by atoms with Crippen LogP contribution in [0.1, 0.15) is 32.3 Å². The predicted octanol–water partition coefficient (Wildman–Crippen LogP) is 2.64. The third kappa shape index (κ3) is 4.89. The molecule has 0 bridgehead atoms. The molecule has 0 saturated carbocycles. The minimum Gasteiger partial charge on any atom is -0.465 e. The molecule has 0 saturated heterocycles. The molecule has 1 aliphatic rings. The average molecular weight is 387 g/mol. The number of hydrogen-bond acceptors (Lipinski definition) is 8. The molecule has 27 heavy (non-hydrogen) atoms. The number of allylic oxidation sites excluding steroid dienone is 2. The zero-order chi connectivity index (χ0) is 19.8. The quantitative estimate of drug-likeness (QED) is 0.713. The molecule has 1 unspecified atom stereocenters. The molecule has 1 aromatic heterocycles. The summed E-state index contributed by atoms with van der Waals surface area (Å²) in [5.74, 6) is -1.42. The van der Waals surface area contributed by atoms with Crippen molar-refractivity contribution in [1.82, 2.24) is 10.3 Å². The summed E-state index contributed by atoms with van der Waals surface area (Å²) in [5.41, 5.74) is 1.98. The van der Waals surface area contributed by atoms with Gasteiger partial charge >= 0.3 is 11.9 Å². The summed E-state index contributed by atoms with van der Waals surface area (Å²) in [6.45, 7) is 5.73.